The summed E-state index contributed by atoms with van der Waals surface area (Å²) in [6.07, 6.45) is 3.60. The van der Waals surface area contributed by atoms with Gasteiger partial charge < -0.3 is 4.52 Å². The van der Waals surface area contributed by atoms with Gasteiger partial charge >= 0.3 is 0 Å². The summed E-state index contributed by atoms with van der Waals surface area (Å²) in [5.41, 5.74) is 2.72. The summed E-state index contributed by atoms with van der Waals surface area (Å²) < 4.78 is 7.09. The van der Waals surface area contributed by atoms with Crippen molar-refractivity contribution in [1.82, 2.24) is 25.1 Å². The van der Waals surface area contributed by atoms with E-state index >= 15 is 0 Å². The highest BCUT2D eigenvalue weighted by Gasteiger charge is 2.25. The lowest BCUT2D eigenvalue weighted by Crippen LogP contribution is -2.10. The molecule has 0 aliphatic heterocycles. The van der Waals surface area contributed by atoms with Crippen molar-refractivity contribution in [3.05, 3.63) is 24.0 Å². The van der Waals surface area contributed by atoms with E-state index in [1.807, 2.05) is 25.2 Å². The first-order valence-corrected chi connectivity index (χ1v) is 6.45. The summed E-state index contributed by atoms with van der Waals surface area (Å²) in [6.45, 7) is 0. The number of hydrogen-bond donors (Lipinski definition) is 0. The number of rotatable bonds is 2. The highest BCUT2D eigenvalue weighted by atomic mass is 16.5. The molecular formula is C13H13N5O. The van der Waals surface area contributed by atoms with Crippen LogP contribution in [0.3, 0.4) is 0 Å². The summed E-state index contributed by atoms with van der Waals surface area (Å²) in [7, 11) is 1.87. The number of benzene rings is 1. The maximum absolute atomic E-state index is 5.35. The fourth-order valence-corrected chi connectivity index (χ4v) is 2.36. The molecule has 0 radical (unpaired) electrons. The fraction of sp³-hybridized carbons (Fsp3) is 0.385. The van der Waals surface area contributed by atoms with E-state index in [0.717, 1.165) is 22.4 Å². The van der Waals surface area contributed by atoms with E-state index < -0.39 is 0 Å². The Morgan fingerprint density at radius 2 is 2.21 bits per heavy atom. The smallest absolute Gasteiger partial charge is 0.258 e. The van der Waals surface area contributed by atoms with Gasteiger partial charge in [-0.25, -0.2) is 4.68 Å². The molecule has 6 nitrogen and oxygen atoms in total. The van der Waals surface area contributed by atoms with Gasteiger partial charge in [-0.15, -0.1) is 5.10 Å². The second-order valence-electron chi connectivity index (χ2n) is 5.00. The standard InChI is InChI=1S/C13H13N5O/c1-18-11-6-5-9(7-10(11)15-17-18)13-14-12(16-19-13)8-3-2-4-8/h5-8H,2-4H2,1H3. The summed E-state index contributed by atoms with van der Waals surface area (Å²) in [5, 5.41) is 12.2. The molecule has 0 saturated heterocycles. The van der Waals surface area contributed by atoms with E-state index in [0.29, 0.717) is 11.8 Å². The first-order valence-electron chi connectivity index (χ1n) is 6.45. The molecule has 0 atom stereocenters. The average Bonchev–Trinajstić information content (AvgIpc) is 2.95. The summed E-state index contributed by atoms with van der Waals surface area (Å²) in [5.74, 6) is 1.88. The van der Waals surface area contributed by atoms with Gasteiger partial charge in [0, 0.05) is 18.5 Å². The third-order valence-electron chi connectivity index (χ3n) is 3.77. The van der Waals surface area contributed by atoms with Gasteiger partial charge in [-0.1, -0.05) is 16.8 Å². The molecule has 0 unspecified atom stereocenters. The molecule has 1 aliphatic carbocycles. The number of nitrogens with zero attached hydrogens (tertiary/aromatic N) is 5. The topological polar surface area (TPSA) is 69.6 Å². The van der Waals surface area contributed by atoms with Crippen LogP contribution in [0.15, 0.2) is 22.7 Å². The summed E-state index contributed by atoms with van der Waals surface area (Å²) >= 11 is 0. The lowest BCUT2D eigenvalue weighted by molar-refractivity contribution is 0.366. The van der Waals surface area contributed by atoms with E-state index in [-0.39, 0.29) is 0 Å². The van der Waals surface area contributed by atoms with Gasteiger partial charge in [0.25, 0.3) is 5.89 Å². The highest BCUT2D eigenvalue weighted by molar-refractivity contribution is 5.79. The molecule has 96 valence electrons. The van der Waals surface area contributed by atoms with Crippen molar-refractivity contribution in [1.29, 1.82) is 0 Å². The van der Waals surface area contributed by atoms with Crippen LogP contribution in [-0.2, 0) is 7.05 Å². The lowest BCUT2D eigenvalue weighted by atomic mass is 9.85. The van der Waals surface area contributed by atoms with Crippen molar-refractivity contribution in [2.75, 3.05) is 0 Å². The van der Waals surface area contributed by atoms with Gasteiger partial charge in [-0.05, 0) is 31.0 Å². The SMILES string of the molecule is Cn1nnc2cc(-c3nc(C4CCC4)no3)ccc21. The maximum atomic E-state index is 5.35. The highest BCUT2D eigenvalue weighted by Crippen LogP contribution is 2.35. The van der Waals surface area contributed by atoms with Gasteiger partial charge in [0.1, 0.15) is 5.52 Å². The maximum Gasteiger partial charge on any atom is 0.258 e. The second kappa shape index (κ2) is 3.88. The van der Waals surface area contributed by atoms with Gasteiger partial charge in [0.05, 0.1) is 5.52 Å². The van der Waals surface area contributed by atoms with Crippen LogP contribution < -0.4 is 0 Å². The first-order chi connectivity index (χ1) is 9.31. The molecule has 0 bridgehead atoms. The molecule has 3 aromatic rings. The van der Waals surface area contributed by atoms with Gasteiger partial charge in [0.15, 0.2) is 5.82 Å². The van der Waals surface area contributed by atoms with Crippen molar-refractivity contribution in [3.63, 3.8) is 0 Å². The molecule has 0 amide bonds. The molecule has 1 fully saturated rings. The van der Waals surface area contributed by atoms with Crippen molar-refractivity contribution in [2.24, 2.45) is 7.05 Å². The number of aryl methyl sites for hydroxylation is 1. The molecule has 1 saturated carbocycles. The molecule has 2 heterocycles. The molecule has 2 aromatic heterocycles. The molecular weight excluding hydrogens is 242 g/mol. The van der Waals surface area contributed by atoms with Gasteiger partial charge in [-0.2, -0.15) is 4.98 Å². The number of fused-ring (bicyclic) bond motifs is 1. The van der Waals surface area contributed by atoms with E-state index in [9.17, 15) is 0 Å². The fourth-order valence-electron chi connectivity index (χ4n) is 2.36. The predicted molar refractivity (Wildman–Crippen MR) is 68.4 cm³/mol. The van der Waals surface area contributed by atoms with Crippen molar-refractivity contribution in [3.8, 4) is 11.5 Å². The minimum absolute atomic E-state index is 0.484. The largest absolute Gasteiger partial charge is 0.334 e. The van der Waals surface area contributed by atoms with Crippen LogP contribution in [0.4, 0.5) is 0 Å². The van der Waals surface area contributed by atoms with E-state index in [2.05, 4.69) is 20.5 Å². The summed E-state index contributed by atoms with van der Waals surface area (Å²) in [6, 6.07) is 5.86. The minimum atomic E-state index is 0.484. The Hall–Kier alpha value is -2.24. The van der Waals surface area contributed by atoms with Crippen LogP contribution in [0.5, 0.6) is 0 Å². The molecule has 1 aliphatic rings. The molecule has 1 aromatic carbocycles. The predicted octanol–water partition coefficient (Wildman–Crippen LogP) is 2.29. The van der Waals surface area contributed by atoms with Gasteiger partial charge in [-0.3, -0.25) is 0 Å². The Balaban J connectivity index is 1.74. The van der Waals surface area contributed by atoms with Crippen LogP contribution in [-0.4, -0.2) is 25.1 Å². The Bertz CT molecular complexity index is 740. The van der Waals surface area contributed by atoms with Gasteiger partial charge in [0.2, 0.25) is 0 Å². The van der Waals surface area contributed by atoms with E-state index in [1.54, 1.807) is 4.68 Å². The second-order valence-corrected chi connectivity index (χ2v) is 5.00. The van der Waals surface area contributed by atoms with Crippen molar-refractivity contribution < 1.29 is 4.52 Å². The zero-order valence-corrected chi connectivity index (χ0v) is 10.6. The van der Waals surface area contributed by atoms with E-state index in [1.165, 1.54) is 19.3 Å². The van der Waals surface area contributed by atoms with Crippen LogP contribution in [0.1, 0.15) is 31.0 Å². The van der Waals surface area contributed by atoms with Crippen LogP contribution in [0.25, 0.3) is 22.5 Å². The van der Waals surface area contributed by atoms with Crippen LogP contribution >= 0.6 is 0 Å². The number of hydrogen-bond acceptors (Lipinski definition) is 5. The van der Waals surface area contributed by atoms with Crippen molar-refractivity contribution >= 4 is 11.0 Å². The Morgan fingerprint density at radius 1 is 1.32 bits per heavy atom. The first kappa shape index (κ1) is 10.7. The molecule has 19 heavy (non-hydrogen) atoms. The minimum Gasteiger partial charge on any atom is -0.334 e. The summed E-state index contributed by atoms with van der Waals surface area (Å²) in [4.78, 5) is 4.48. The quantitative estimate of drug-likeness (QED) is 0.702. The third-order valence-corrected chi connectivity index (χ3v) is 3.77. The number of aromatic nitrogens is 5. The van der Waals surface area contributed by atoms with E-state index in [4.69, 9.17) is 4.52 Å². The molecule has 4 rings (SSSR count). The molecule has 6 heteroatoms. The van der Waals surface area contributed by atoms with Crippen LogP contribution in [0, 0.1) is 0 Å². The van der Waals surface area contributed by atoms with Crippen molar-refractivity contribution in [2.45, 2.75) is 25.2 Å². The lowest BCUT2D eigenvalue weighted by Gasteiger charge is -2.20. The van der Waals surface area contributed by atoms with Crippen LogP contribution in [0.2, 0.25) is 0 Å². The molecule has 0 spiro atoms. The monoisotopic (exact) mass is 255 g/mol. The molecule has 0 N–H and O–H groups in total. The zero-order valence-electron chi connectivity index (χ0n) is 10.6. The average molecular weight is 255 g/mol. The third kappa shape index (κ3) is 1.63. The Morgan fingerprint density at radius 3 is 3.00 bits per heavy atom. The Labute approximate surface area is 109 Å². The Kier molecular flexibility index (Phi) is 2.18. The normalized spacial score (nSPS) is 15.8. The zero-order chi connectivity index (χ0) is 12.8.